The molecule has 3 atom stereocenters. The molecule has 4 aliphatic heterocycles. The molecule has 49 heavy (non-hydrogen) atoms. The molecule has 0 saturated carbocycles. The zero-order valence-corrected chi connectivity index (χ0v) is 28.5. The minimum atomic E-state index is -4.73. The number of ether oxygens (including phenoxy) is 2. The number of anilines is 2. The number of halogens is 4. The molecule has 7 rings (SSSR count). The van der Waals surface area contributed by atoms with Crippen molar-refractivity contribution in [3.63, 3.8) is 0 Å². The Bertz CT molecular complexity index is 1740. The van der Waals surface area contributed by atoms with E-state index in [1.54, 1.807) is 0 Å². The predicted molar refractivity (Wildman–Crippen MR) is 181 cm³/mol. The van der Waals surface area contributed by atoms with Crippen molar-refractivity contribution in [2.75, 3.05) is 63.6 Å². The molecule has 3 fully saturated rings. The number of carbonyl (C=O) groups excluding carboxylic acids is 1. The molecule has 3 saturated heterocycles. The van der Waals surface area contributed by atoms with Crippen molar-refractivity contribution in [3.8, 4) is 23.0 Å². The van der Waals surface area contributed by atoms with Crippen LogP contribution in [0.5, 0.6) is 11.8 Å². The normalized spacial score (nSPS) is 22.9. The van der Waals surface area contributed by atoms with E-state index in [2.05, 4.69) is 20.1 Å². The first kappa shape index (κ1) is 33.9. The summed E-state index contributed by atoms with van der Waals surface area (Å²) in [6.45, 7) is 5.16. The molecule has 0 aliphatic carbocycles. The number of fused-ring (bicyclic) bond motifs is 2. The fourth-order valence-electron chi connectivity index (χ4n) is 7.70. The van der Waals surface area contributed by atoms with Gasteiger partial charge in [0.1, 0.15) is 24.8 Å². The molecule has 2 aromatic heterocycles. The summed E-state index contributed by atoms with van der Waals surface area (Å²) >= 11 is 6.97. The second-order valence-electron chi connectivity index (χ2n) is 13.6. The van der Waals surface area contributed by atoms with E-state index in [0.29, 0.717) is 55.4 Å². The number of alkyl halides is 3. The van der Waals surface area contributed by atoms with Gasteiger partial charge in [-0.05, 0) is 76.9 Å². The Kier molecular flexibility index (Phi) is 9.39. The number of carbonyl (C=O) groups is 1. The summed E-state index contributed by atoms with van der Waals surface area (Å²) in [7, 11) is 2.05. The fraction of sp³-hybridized carbons (Fsp3) is 0.588. The Morgan fingerprint density at radius 2 is 1.98 bits per heavy atom. The summed E-state index contributed by atoms with van der Waals surface area (Å²) in [6, 6.07) is 3.05. The van der Waals surface area contributed by atoms with E-state index in [0.717, 1.165) is 38.8 Å². The van der Waals surface area contributed by atoms with E-state index in [9.17, 15) is 18.0 Å². The minimum absolute atomic E-state index is 0.00832. The van der Waals surface area contributed by atoms with Crippen LogP contribution in [0, 0.1) is 6.92 Å². The lowest BCUT2D eigenvalue weighted by molar-refractivity contribution is -0.137. The van der Waals surface area contributed by atoms with Crippen LogP contribution in [0.15, 0.2) is 12.1 Å². The number of nitrogens with zero attached hydrogens (tertiary/aromatic N) is 6. The number of piperazine rings is 1. The highest BCUT2D eigenvalue weighted by Gasteiger charge is 2.40. The maximum absolute atomic E-state index is 14.5. The number of amides is 1. The third-order valence-corrected chi connectivity index (χ3v) is 10.7. The summed E-state index contributed by atoms with van der Waals surface area (Å²) in [5.41, 5.74) is 4.86. The number of pyridine rings is 1. The van der Waals surface area contributed by atoms with Gasteiger partial charge in [0.25, 0.3) is 0 Å². The van der Waals surface area contributed by atoms with Crippen molar-refractivity contribution in [1.29, 1.82) is 0 Å². The molecule has 3 N–H and O–H groups in total. The van der Waals surface area contributed by atoms with Gasteiger partial charge in [-0.15, -0.1) is 0 Å². The molecule has 1 amide bonds. The zero-order valence-electron chi connectivity index (χ0n) is 27.8. The smallest absolute Gasteiger partial charge is 0.418 e. The number of nitrogens with one attached hydrogen (secondary N) is 1. The summed E-state index contributed by atoms with van der Waals surface area (Å²) < 4.78 is 55.9. The molecule has 0 radical (unpaired) electrons. The Hall–Kier alpha value is -3.62. The van der Waals surface area contributed by atoms with E-state index in [1.165, 1.54) is 31.9 Å². The van der Waals surface area contributed by atoms with Crippen LogP contribution in [-0.4, -0.2) is 102 Å². The van der Waals surface area contributed by atoms with Crippen LogP contribution in [0.3, 0.4) is 0 Å². The summed E-state index contributed by atoms with van der Waals surface area (Å²) in [4.78, 5) is 33.3. The molecule has 4 aliphatic rings. The Morgan fingerprint density at radius 1 is 1.14 bits per heavy atom. The molecule has 0 bridgehead atoms. The number of aromatic nitrogens is 3. The van der Waals surface area contributed by atoms with Gasteiger partial charge in [0.2, 0.25) is 5.91 Å². The van der Waals surface area contributed by atoms with E-state index in [-0.39, 0.29) is 58.3 Å². The van der Waals surface area contributed by atoms with Crippen molar-refractivity contribution in [1.82, 2.24) is 30.1 Å². The minimum Gasteiger partial charge on any atom is -0.489 e. The van der Waals surface area contributed by atoms with Gasteiger partial charge in [0.05, 0.1) is 33.2 Å². The number of benzene rings is 1. The first-order chi connectivity index (χ1) is 23.5. The van der Waals surface area contributed by atoms with Gasteiger partial charge < -0.3 is 35.2 Å². The van der Waals surface area contributed by atoms with Gasteiger partial charge in [-0.2, -0.15) is 23.1 Å². The van der Waals surface area contributed by atoms with Gasteiger partial charge in [0.15, 0.2) is 5.75 Å². The number of nitrogens with two attached hydrogens (primary N) is 1. The Labute approximate surface area is 288 Å². The second kappa shape index (κ2) is 13.6. The van der Waals surface area contributed by atoms with Crippen molar-refractivity contribution in [2.45, 2.75) is 76.2 Å². The van der Waals surface area contributed by atoms with Crippen LogP contribution < -0.4 is 25.4 Å². The van der Waals surface area contributed by atoms with Crippen molar-refractivity contribution >= 4 is 40.0 Å². The first-order valence-electron chi connectivity index (χ1n) is 17.1. The number of aryl methyl sites for hydroxylation is 1. The molecular weight excluding hydrogens is 661 g/mol. The zero-order chi connectivity index (χ0) is 34.4. The highest BCUT2D eigenvalue weighted by Crippen LogP contribution is 2.49. The quantitative estimate of drug-likeness (QED) is 0.346. The highest BCUT2D eigenvalue weighted by molar-refractivity contribution is 6.36. The number of hydrogen-bond donors (Lipinski definition) is 2. The van der Waals surface area contributed by atoms with Gasteiger partial charge in [-0.3, -0.25) is 4.79 Å². The van der Waals surface area contributed by atoms with Crippen molar-refractivity contribution < 1.29 is 27.4 Å². The van der Waals surface area contributed by atoms with Crippen LogP contribution in [-0.2, 0) is 11.0 Å². The van der Waals surface area contributed by atoms with Crippen molar-refractivity contribution in [2.24, 2.45) is 0 Å². The number of likely N-dealkylation sites (tertiary alicyclic amines) is 1. The van der Waals surface area contributed by atoms with Crippen LogP contribution >= 0.6 is 11.6 Å². The van der Waals surface area contributed by atoms with Crippen LogP contribution in [0.25, 0.3) is 22.2 Å². The van der Waals surface area contributed by atoms with E-state index >= 15 is 0 Å². The summed E-state index contributed by atoms with van der Waals surface area (Å²) in [6.07, 6.45) is 1.99. The Morgan fingerprint density at radius 3 is 2.71 bits per heavy atom. The molecule has 3 aromatic rings. The average molecular weight is 703 g/mol. The van der Waals surface area contributed by atoms with Crippen LogP contribution in [0.1, 0.15) is 56.1 Å². The lowest BCUT2D eigenvalue weighted by Gasteiger charge is -2.41. The van der Waals surface area contributed by atoms with Gasteiger partial charge in [0, 0.05) is 43.7 Å². The largest absolute Gasteiger partial charge is 0.489 e. The van der Waals surface area contributed by atoms with Gasteiger partial charge in [-0.25, -0.2) is 4.98 Å². The maximum atomic E-state index is 14.5. The number of nitrogen functional groups attached to an aromatic ring is 1. The third-order valence-electron chi connectivity index (χ3n) is 10.3. The molecule has 6 heterocycles. The standard InChI is InChI=1S/C34H42ClF3N8O3/c1-19-14-25(39)42-30(28(19)34(36,37)38)23-15-24-27-31(29(23)35)48-18-22-16-45(26(47)9-8-20-6-3-4-10-40-20)12-13-46(22)32(27)43-33(41-24)49-17-21-7-5-11-44(21)2/h14-15,20-22,40H,3-13,16-18H2,1-2H3,(H2,39,42)/t20-,21-,22-/m0/s1. The number of likely N-dealkylation sites (N-methyl/N-ethyl adjacent to an activating group) is 1. The lowest BCUT2D eigenvalue weighted by atomic mass is 9.99. The second-order valence-corrected chi connectivity index (χ2v) is 14.0. The molecule has 0 unspecified atom stereocenters. The van der Waals surface area contributed by atoms with Gasteiger partial charge >= 0.3 is 12.2 Å². The summed E-state index contributed by atoms with van der Waals surface area (Å²) in [5, 5.41) is 3.94. The number of rotatable bonds is 7. The highest BCUT2D eigenvalue weighted by atomic mass is 35.5. The molecule has 264 valence electrons. The molecule has 1 aromatic carbocycles. The average Bonchev–Trinajstić information content (AvgIpc) is 3.40. The first-order valence-corrected chi connectivity index (χ1v) is 17.5. The number of piperidine rings is 1. The summed E-state index contributed by atoms with van der Waals surface area (Å²) in [5.74, 6) is 0.695. The van der Waals surface area contributed by atoms with Crippen LogP contribution in [0.2, 0.25) is 5.02 Å². The SMILES string of the molecule is Cc1cc(N)nc(-c2cc3nc(OC[C@@H]4CCCN4C)nc4c3c(c2Cl)OC[C@@H]2CN(C(=O)CC[C@@H]3CCCCN3)CCN42)c1C(F)(F)F. The predicted octanol–water partition coefficient (Wildman–Crippen LogP) is 5.06. The van der Waals surface area contributed by atoms with E-state index < -0.39 is 17.4 Å². The fourth-order valence-corrected chi connectivity index (χ4v) is 7.99. The number of hydrogen-bond acceptors (Lipinski definition) is 10. The van der Waals surface area contributed by atoms with Gasteiger partial charge in [-0.1, -0.05) is 18.0 Å². The third kappa shape index (κ3) is 6.79. The van der Waals surface area contributed by atoms with Crippen molar-refractivity contribution in [3.05, 3.63) is 28.3 Å². The molecule has 15 heteroatoms. The maximum Gasteiger partial charge on any atom is 0.418 e. The Balaban J connectivity index is 1.26. The monoisotopic (exact) mass is 702 g/mol. The van der Waals surface area contributed by atoms with E-state index in [1.807, 2.05) is 11.9 Å². The van der Waals surface area contributed by atoms with E-state index in [4.69, 9.17) is 36.8 Å². The topological polar surface area (TPSA) is 122 Å². The molecular formula is C34H42ClF3N8O3. The molecule has 0 spiro atoms. The molecule has 11 nitrogen and oxygen atoms in total. The lowest BCUT2D eigenvalue weighted by Crippen LogP contribution is -2.57. The van der Waals surface area contributed by atoms with Crippen LogP contribution in [0.4, 0.5) is 24.8 Å².